The molecule has 86 valence electrons. The van der Waals surface area contributed by atoms with E-state index in [0.717, 1.165) is 6.42 Å². The predicted octanol–water partition coefficient (Wildman–Crippen LogP) is 0.685. The van der Waals surface area contributed by atoms with E-state index in [1.165, 1.54) is 0 Å². The Labute approximate surface area is 87.0 Å². The van der Waals surface area contributed by atoms with E-state index in [4.69, 9.17) is 35.7 Å². The van der Waals surface area contributed by atoms with E-state index in [0.29, 0.717) is 12.8 Å². The highest BCUT2D eigenvalue weighted by atomic mass is 35.5. The Morgan fingerprint density at radius 2 is 1.71 bits per heavy atom. The molecule has 1 saturated carbocycles. The van der Waals surface area contributed by atoms with Gasteiger partial charge in [0.2, 0.25) is 0 Å². The highest BCUT2D eigenvalue weighted by Crippen LogP contribution is 2.49. The largest absolute Gasteiger partial charge is 0.328 e. The van der Waals surface area contributed by atoms with Gasteiger partial charge in [-0.25, -0.2) is 0 Å². The van der Waals surface area contributed by atoms with Crippen molar-refractivity contribution < 1.29 is 28.7 Å². The Balaban J connectivity index is 0.000000364. The van der Waals surface area contributed by atoms with E-state index >= 15 is 0 Å². The third-order valence-electron chi connectivity index (χ3n) is 1.82. The lowest BCUT2D eigenvalue weighted by Gasteiger charge is -2.09. The van der Waals surface area contributed by atoms with Gasteiger partial charge >= 0.3 is 15.9 Å². The molecule has 0 spiro atoms. The van der Waals surface area contributed by atoms with Crippen LogP contribution in [0, 0.1) is 0 Å². The van der Waals surface area contributed by atoms with Crippen LogP contribution in [-0.2, 0) is 9.13 Å². The van der Waals surface area contributed by atoms with Gasteiger partial charge in [0.15, 0.2) is 0 Å². The molecule has 0 saturated heterocycles. The smallest absolute Gasteiger partial charge is 0.326 e. The standard InChI is InChI=1S/C5H10ClO3P.H3O3P/c6-4-1-2-5(3-4)10(7,8)9;1-4(2)3/h4-5H,1-3H2,(H2,7,8,9);4H,(H2,1,2,3). The SMILES string of the molecule is O=P(O)(O)C1CCC(Cl)C1.O=[PH](O)O. The van der Waals surface area contributed by atoms with Crippen LogP contribution in [0.1, 0.15) is 19.3 Å². The number of rotatable bonds is 1. The molecule has 0 aromatic carbocycles. The van der Waals surface area contributed by atoms with Gasteiger partial charge in [-0.1, -0.05) is 0 Å². The second-order valence-electron chi connectivity index (χ2n) is 2.94. The Bertz CT molecular complexity index is 236. The molecule has 0 aromatic rings. The maximum Gasteiger partial charge on any atom is 0.328 e. The van der Waals surface area contributed by atoms with Crippen LogP contribution in [0.2, 0.25) is 0 Å². The van der Waals surface area contributed by atoms with E-state index in [9.17, 15) is 4.57 Å². The summed E-state index contributed by atoms with van der Waals surface area (Å²) in [5, 5.41) is -0.0300. The molecular formula is C5H13ClO6P2. The minimum atomic E-state index is -3.84. The maximum absolute atomic E-state index is 10.6. The fourth-order valence-electron chi connectivity index (χ4n) is 1.21. The van der Waals surface area contributed by atoms with Gasteiger partial charge in [-0.15, -0.1) is 11.6 Å². The minimum Gasteiger partial charge on any atom is -0.326 e. The maximum atomic E-state index is 10.6. The number of hydrogen-bond acceptors (Lipinski definition) is 2. The summed E-state index contributed by atoms with van der Waals surface area (Å²) in [5.74, 6) is 0. The van der Waals surface area contributed by atoms with Gasteiger partial charge in [-0.3, -0.25) is 9.13 Å². The molecule has 9 heteroatoms. The summed E-state index contributed by atoms with van der Waals surface area (Å²) >= 11 is 5.67. The Hall–Kier alpha value is 0.590. The normalized spacial score (nSPS) is 27.3. The molecule has 2 atom stereocenters. The quantitative estimate of drug-likeness (QED) is 0.410. The molecule has 2 unspecified atom stereocenters. The van der Waals surface area contributed by atoms with Gasteiger partial charge in [0, 0.05) is 5.38 Å². The highest BCUT2D eigenvalue weighted by molar-refractivity contribution is 7.52. The van der Waals surface area contributed by atoms with Gasteiger partial charge < -0.3 is 19.6 Å². The second kappa shape index (κ2) is 6.23. The van der Waals surface area contributed by atoms with Gasteiger partial charge in [-0.2, -0.15) is 0 Å². The van der Waals surface area contributed by atoms with Crippen molar-refractivity contribution in [2.75, 3.05) is 0 Å². The first-order valence-corrected chi connectivity index (χ1v) is 7.26. The molecule has 0 amide bonds. The monoisotopic (exact) mass is 266 g/mol. The highest BCUT2D eigenvalue weighted by Gasteiger charge is 2.35. The van der Waals surface area contributed by atoms with Crippen molar-refractivity contribution in [2.24, 2.45) is 0 Å². The van der Waals surface area contributed by atoms with Crippen molar-refractivity contribution >= 4 is 27.5 Å². The zero-order chi connectivity index (χ0) is 11.4. The number of hydrogen-bond donors (Lipinski definition) is 4. The molecule has 6 nitrogen and oxygen atoms in total. The van der Waals surface area contributed by atoms with Crippen molar-refractivity contribution in [2.45, 2.75) is 30.3 Å². The van der Waals surface area contributed by atoms with Gasteiger partial charge in [-0.05, 0) is 19.3 Å². The summed E-state index contributed by atoms with van der Waals surface area (Å²) in [6.07, 6.45) is 1.77. The summed E-state index contributed by atoms with van der Waals surface area (Å²) in [5.41, 5.74) is -0.477. The lowest BCUT2D eigenvalue weighted by molar-refractivity contribution is 0.358. The second-order valence-corrected chi connectivity index (χ2v) is 6.03. The average molecular weight is 267 g/mol. The van der Waals surface area contributed by atoms with E-state index in [1.807, 2.05) is 0 Å². The van der Waals surface area contributed by atoms with Crippen LogP contribution in [-0.4, -0.2) is 30.6 Å². The van der Waals surface area contributed by atoms with E-state index < -0.39 is 21.5 Å². The topological polar surface area (TPSA) is 115 Å². The van der Waals surface area contributed by atoms with Gasteiger partial charge in [0.05, 0.1) is 5.66 Å². The number of halogens is 1. The molecule has 0 radical (unpaired) electrons. The third-order valence-corrected chi connectivity index (χ3v) is 3.63. The molecule has 1 aliphatic rings. The molecule has 1 aliphatic carbocycles. The molecule has 1 rings (SSSR count). The van der Waals surface area contributed by atoms with Gasteiger partial charge in [0.1, 0.15) is 0 Å². The molecular weight excluding hydrogens is 253 g/mol. The summed E-state index contributed by atoms with van der Waals surface area (Å²) in [6, 6.07) is 0. The number of alkyl halides is 1. The first-order valence-electron chi connectivity index (χ1n) is 3.84. The molecule has 14 heavy (non-hydrogen) atoms. The van der Waals surface area contributed by atoms with E-state index in [-0.39, 0.29) is 5.38 Å². The minimum absolute atomic E-state index is 0.0300. The molecule has 0 aliphatic heterocycles. The fourth-order valence-corrected chi connectivity index (χ4v) is 2.69. The van der Waals surface area contributed by atoms with Crippen LogP contribution >= 0.6 is 27.5 Å². The van der Waals surface area contributed by atoms with Crippen molar-refractivity contribution in [1.29, 1.82) is 0 Å². The van der Waals surface area contributed by atoms with Crippen molar-refractivity contribution in [3.05, 3.63) is 0 Å². The fraction of sp³-hybridized carbons (Fsp3) is 1.00. The van der Waals surface area contributed by atoms with E-state index in [2.05, 4.69) is 0 Å². The Kier molecular flexibility index (Phi) is 6.50. The van der Waals surface area contributed by atoms with Crippen LogP contribution < -0.4 is 0 Å². The van der Waals surface area contributed by atoms with Crippen molar-refractivity contribution in [1.82, 2.24) is 0 Å². The van der Waals surface area contributed by atoms with Crippen LogP contribution in [0.15, 0.2) is 0 Å². The van der Waals surface area contributed by atoms with E-state index in [1.54, 1.807) is 0 Å². The lowest BCUT2D eigenvalue weighted by atomic mass is 10.4. The van der Waals surface area contributed by atoms with Crippen LogP contribution in [0.25, 0.3) is 0 Å². The molecule has 0 heterocycles. The summed E-state index contributed by atoms with van der Waals surface area (Å²) in [7, 11) is -6.96. The third kappa shape index (κ3) is 6.96. The summed E-state index contributed by atoms with van der Waals surface area (Å²) < 4.78 is 19.4. The molecule has 0 aromatic heterocycles. The summed E-state index contributed by atoms with van der Waals surface area (Å²) in [6.45, 7) is 0. The van der Waals surface area contributed by atoms with Gasteiger partial charge in [0.25, 0.3) is 0 Å². The molecule has 4 N–H and O–H groups in total. The lowest BCUT2D eigenvalue weighted by Crippen LogP contribution is -2.02. The average Bonchev–Trinajstić information content (AvgIpc) is 2.32. The summed E-state index contributed by atoms with van der Waals surface area (Å²) in [4.78, 5) is 31.7. The van der Waals surface area contributed by atoms with Crippen molar-refractivity contribution in [3.8, 4) is 0 Å². The predicted molar refractivity (Wildman–Crippen MR) is 52.8 cm³/mol. The van der Waals surface area contributed by atoms with Crippen molar-refractivity contribution in [3.63, 3.8) is 0 Å². The molecule has 1 fully saturated rings. The molecule has 0 bridgehead atoms. The zero-order valence-corrected chi connectivity index (χ0v) is 9.86. The first-order chi connectivity index (χ1) is 6.23. The van der Waals surface area contributed by atoms with Crippen LogP contribution in [0.4, 0.5) is 0 Å². The Morgan fingerprint density at radius 3 is 1.86 bits per heavy atom. The first kappa shape index (κ1) is 14.6. The van der Waals surface area contributed by atoms with Crippen LogP contribution in [0.3, 0.4) is 0 Å². The zero-order valence-electron chi connectivity index (χ0n) is 7.21. The Morgan fingerprint density at radius 1 is 1.29 bits per heavy atom. The van der Waals surface area contributed by atoms with Crippen LogP contribution in [0.5, 0.6) is 0 Å².